The first kappa shape index (κ1) is 10.8. The number of piperidine rings is 1. The zero-order valence-corrected chi connectivity index (χ0v) is 9.68. The number of rotatable bonds is 2. The minimum absolute atomic E-state index is 0.145. The molecule has 1 saturated heterocycles. The predicted octanol–water partition coefficient (Wildman–Crippen LogP) is 1.10. The van der Waals surface area contributed by atoms with Crippen LogP contribution in [0.1, 0.15) is 12.8 Å². The maximum atomic E-state index is 12.0. The number of sulfonamides is 1. The topological polar surface area (TPSA) is 54.5 Å². The fourth-order valence-electron chi connectivity index (χ4n) is 1.52. The number of Topliss-reactive ketones (excluding diaryl/α,β-unsaturated/α-hetero) is 1. The minimum Gasteiger partial charge on any atom is -0.300 e. The van der Waals surface area contributed by atoms with Gasteiger partial charge in [0.1, 0.15) is 5.78 Å². The van der Waals surface area contributed by atoms with Gasteiger partial charge in [-0.05, 0) is 11.4 Å². The average molecular weight is 245 g/mol. The molecule has 6 heteroatoms. The Kier molecular flexibility index (Phi) is 2.90. The fourth-order valence-corrected chi connectivity index (χ4v) is 3.98. The molecule has 0 aliphatic carbocycles. The van der Waals surface area contributed by atoms with Gasteiger partial charge in [-0.1, -0.05) is 0 Å². The summed E-state index contributed by atoms with van der Waals surface area (Å²) in [6.45, 7) is 0.633. The lowest BCUT2D eigenvalue weighted by Crippen LogP contribution is -2.38. The van der Waals surface area contributed by atoms with E-state index in [-0.39, 0.29) is 5.78 Å². The van der Waals surface area contributed by atoms with Crippen LogP contribution >= 0.6 is 11.3 Å². The van der Waals surface area contributed by atoms with Crippen molar-refractivity contribution in [1.82, 2.24) is 4.31 Å². The van der Waals surface area contributed by atoms with Crippen LogP contribution in [0.25, 0.3) is 0 Å². The zero-order valence-electron chi connectivity index (χ0n) is 8.05. The van der Waals surface area contributed by atoms with Gasteiger partial charge in [-0.25, -0.2) is 8.42 Å². The van der Waals surface area contributed by atoms with Crippen molar-refractivity contribution in [3.63, 3.8) is 0 Å². The van der Waals surface area contributed by atoms with Crippen molar-refractivity contribution in [3.8, 4) is 0 Å². The van der Waals surface area contributed by atoms with E-state index < -0.39 is 10.0 Å². The van der Waals surface area contributed by atoms with E-state index in [1.807, 2.05) is 0 Å². The molecule has 0 N–H and O–H groups in total. The lowest BCUT2D eigenvalue weighted by molar-refractivity contribution is -0.120. The lowest BCUT2D eigenvalue weighted by Gasteiger charge is -2.24. The summed E-state index contributed by atoms with van der Waals surface area (Å²) in [6.07, 6.45) is 0.673. The van der Waals surface area contributed by atoms with Crippen molar-refractivity contribution in [2.75, 3.05) is 13.1 Å². The summed E-state index contributed by atoms with van der Waals surface area (Å²) in [5.41, 5.74) is 0. The monoisotopic (exact) mass is 245 g/mol. The molecule has 4 nitrogen and oxygen atoms in total. The van der Waals surface area contributed by atoms with E-state index in [2.05, 4.69) is 0 Å². The van der Waals surface area contributed by atoms with Gasteiger partial charge in [-0.3, -0.25) is 4.79 Å². The standard InChI is InChI=1S/C9H11NO3S2/c11-8-1-4-10(5-2-8)15(12,13)9-3-6-14-7-9/h3,6-7H,1-2,4-5H2. The summed E-state index contributed by atoms with van der Waals surface area (Å²) < 4.78 is 25.3. The fraction of sp³-hybridized carbons (Fsp3) is 0.444. The molecule has 0 spiro atoms. The van der Waals surface area contributed by atoms with Crippen molar-refractivity contribution in [3.05, 3.63) is 16.8 Å². The van der Waals surface area contributed by atoms with Crippen LogP contribution in [0.3, 0.4) is 0 Å². The summed E-state index contributed by atoms with van der Waals surface area (Å²) in [7, 11) is -3.35. The number of thiophene rings is 1. The van der Waals surface area contributed by atoms with E-state index in [1.165, 1.54) is 15.6 Å². The highest BCUT2D eigenvalue weighted by Crippen LogP contribution is 2.21. The molecule has 0 aromatic carbocycles. The molecule has 15 heavy (non-hydrogen) atoms. The first-order valence-corrected chi connectivity index (χ1v) is 7.03. The predicted molar refractivity (Wildman–Crippen MR) is 57.3 cm³/mol. The van der Waals surface area contributed by atoms with E-state index in [9.17, 15) is 13.2 Å². The molecule has 1 aliphatic rings. The van der Waals surface area contributed by atoms with Crippen LogP contribution < -0.4 is 0 Å². The molecular formula is C9H11NO3S2. The Hall–Kier alpha value is -0.720. The van der Waals surface area contributed by atoms with Crippen molar-refractivity contribution in [1.29, 1.82) is 0 Å². The van der Waals surface area contributed by atoms with Crippen molar-refractivity contribution >= 4 is 27.1 Å². The van der Waals surface area contributed by atoms with Gasteiger partial charge >= 0.3 is 0 Å². The molecule has 2 heterocycles. The molecule has 1 fully saturated rings. The molecule has 82 valence electrons. The van der Waals surface area contributed by atoms with Gasteiger partial charge < -0.3 is 0 Å². The van der Waals surface area contributed by atoms with E-state index >= 15 is 0 Å². The van der Waals surface area contributed by atoms with Crippen LogP contribution in [0.2, 0.25) is 0 Å². The average Bonchev–Trinajstić information content (AvgIpc) is 2.71. The molecule has 0 atom stereocenters. The van der Waals surface area contributed by atoms with E-state index in [4.69, 9.17) is 0 Å². The van der Waals surface area contributed by atoms with E-state index in [0.717, 1.165) is 0 Å². The second kappa shape index (κ2) is 4.03. The molecule has 0 saturated carbocycles. The second-order valence-electron chi connectivity index (χ2n) is 3.40. The molecular weight excluding hydrogens is 234 g/mol. The molecule has 0 unspecified atom stereocenters. The molecule has 0 radical (unpaired) electrons. The van der Waals surface area contributed by atoms with Gasteiger partial charge in [0.05, 0.1) is 4.90 Å². The van der Waals surface area contributed by atoms with E-state index in [1.54, 1.807) is 16.8 Å². The number of hydrogen-bond acceptors (Lipinski definition) is 4. The number of ketones is 1. The number of carbonyl (C=O) groups excluding carboxylic acids is 1. The quantitative estimate of drug-likeness (QED) is 0.784. The first-order chi connectivity index (χ1) is 7.10. The van der Waals surface area contributed by atoms with Gasteiger partial charge in [0.15, 0.2) is 0 Å². The lowest BCUT2D eigenvalue weighted by atomic mass is 10.1. The molecule has 0 amide bonds. The van der Waals surface area contributed by atoms with Crippen molar-refractivity contribution in [2.45, 2.75) is 17.7 Å². The molecule has 0 bridgehead atoms. The molecule has 1 aliphatic heterocycles. The first-order valence-electron chi connectivity index (χ1n) is 4.65. The van der Waals surface area contributed by atoms with E-state index in [0.29, 0.717) is 30.8 Å². The Labute approximate surface area is 92.6 Å². The largest absolute Gasteiger partial charge is 0.300 e. The van der Waals surface area contributed by atoms with Gasteiger partial charge in [0.2, 0.25) is 10.0 Å². The van der Waals surface area contributed by atoms with Gasteiger partial charge in [0, 0.05) is 31.3 Å². The van der Waals surface area contributed by atoms with Crippen LogP contribution in [0.4, 0.5) is 0 Å². The summed E-state index contributed by atoms with van der Waals surface area (Å²) >= 11 is 1.36. The normalized spacial score (nSPS) is 19.3. The highest BCUT2D eigenvalue weighted by Gasteiger charge is 2.28. The Morgan fingerprint density at radius 3 is 2.47 bits per heavy atom. The number of nitrogens with zero attached hydrogens (tertiary/aromatic N) is 1. The number of hydrogen-bond donors (Lipinski definition) is 0. The number of carbonyl (C=O) groups is 1. The van der Waals surface area contributed by atoms with Crippen molar-refractivity contribution < 1.29 is 13.2 Å². The van der Waals surface area contributed by atoms with Crippen LogP contribution in [-0.4, -0.2) is 31.6 Å². The Morgan fingerprint density at radius 2 is 1.93 bits per heavy atom. The van der Waals surface area contributed by atoms with Crippen LogP contribution in [-0.2, 0) is 14.8 Å². The third-order valence-electron chi connectivity index (χ3n) is 2.41. The maximum Gasteiger partial charge on any atom is 0.243 e. The third-order valence-corrected chi connectivity index (χ3v) is 5.14. The van der Waals surface area contributed by atoms with Gasteiger partial charge in [0.25, 0.3) is 0 Å². The van der Waals surface area contributed by atoms with Crippen LogP contribution in [0.15, 0.2) is 21.7 Å². The second-order valence-corrected chi connectivity index (χ2v) is 6.12. The molecule has 1 aromatic rings. The van der Waals surface area contributed by atoms with Gasteiger partial charge in [-0.2, -0.15) is 15.6 Å². The van der Waals surface area contributed by atoms with Crippen molar-refractivity contribution in [2.24, 2.45) is 0 Å². The Balaban J connectivity index is 2.20. The molecule has 2 rings (SSSR count). The summed E-state index contributed by atoms with van der Waals surface area (Å²) in [5, 5.41) is 3.35. The Bertz CT molecular complexity index is 440. The highest BCUT2D eigenvalue weighted by molar-refractivity contribution is 7.89. The minimum atomic E-state index is -3.35. The Morgan fingerprint density at radius 1 is 1.27 bits per heavy atom. The zero-order chi connectivity index (χ0) is 10.9. The van der Waals surface area contributed by atoms with Crippen LogP contribution in [0, 0.1) is 0 Å². The molecule has 1 aromatic heterocycles. The smallest absolute Gasteiger partial charge is 0.243 e. The SMILES string of the molecule is O=C1CCN(S(=O)(=O)c2ccsc2)CC1. The summed E-state index contributed by atoms with van der Waals surface area (Å²) in [5.74, 6) is 0.145. The summed E-state index contributed by atoms with van der Waals surface area (Å²) in [6, 6.07) is 1.59. The third kappa shape index (κ3) is 2.11. The maximum absolute atomic E-state index is 12.0. The summed E-state index contributed by atoms with van der Waals surface area (Å²) in [4.78, 5) is 11.3. The van der Waals surface area contributed by atoms with Crippen LogP contribution in [0.5, 0.6) is 0 Å². The van der Waals surface area contributed by atoms with Gasteiger partial charge in [-0.15, -0.1) is 0 Å². The highest BCUT2D eigenvalue weighted by atomic mass is 32.2.